The van der Waals surface area contributed by atoms with Crippen molar-refractivity contribution in [1.82, 2.24) is 0 Å². The average Bonchev–Trinajstić information content (AvgIpc) is 2.76. The first-order chi connectivity index (χ1) is 14.9. The molecule has 0 bridgehead atoms. The zero-order valence-corrected chi connectivity index (χ0v) is 18.9. The molecule has 1 saturated heterocycles. The molecule has 1 aliphatic heterocycles. The van der Waals surface area contributed by atoms with Gasteiger partial charge in [-0.25, -0.2) is 0 Å². The van der Waals surface area contributed by atoms with E-state index in [4.69, 9.17) is 4.74 Å². The highest BCUT2D eigenvalue weighted by molar-refractivity contribution is 5.92. The second-order valence-electron chi connectivity index (χ2n) is 9.41. The summed E-state index contributed by atoms with van der Waals surface area (Å²) in [6.45, 7) is 5.25. The van der Waals surface area contributed by atoms with Crippen molar-refractivity contribution >= 4 is 11.6 Å². The Morgan fingerprint density at radius 3 is 2.68 bits per heavy atom. The highest BCUT2D eigenvalue weighted by atomic mass is 16.5. The maximum absolute atomic E-state index is 13.0. The van der Waals surface area contributed by atoms with Gasteiger partial charge in [0.1, 0.15) is 11.8 Å². The molecule has 4 atom stereocenters. The van der Waals surface area contributed by atoms with Crippen molar-refractivity contribution in [3.63, 3.8) is 0 Å². The maximum atomic E-state index is 13.0. The number of carbonyl (C=O) groups is 1. The average molecular weight is 424 g/mol. The van der Waals surface area contributed by atoms with Crippen molar-refractivity contribution in [3.8, 4) is 5.75 Å². The summed E-state index contributed by atoms with van der Waals surface area (Å²) < 4.78 is 5.34. The standard InChI is InChI=1S/C26H34N2O3/c1-18-7-8-19(2)23(16-18)27-24(29)17-28-15-14-26(30)13-5-4-6-22(26)25(28)20-9-11-21(31-3)12-10-20/h7-12,16,22,25,30H,4-6,13-15,17H2,1-3H3,(H,27,29)/p+1/t22-,25+,26+/m0/s1. The molecule has 1 saturated carbocycles. The number of hydrogen-bond acceptors (Lipinski definition) is 3. The summed E-state index contributed by atoms with van der Waals surface area (Å²) in [4.78, 5) is 14.3. The van der Waals surface area contributed by atoms with Crippen LogP contribution < -0.4 is 15.0 Å². The third kappa shape index (κ3) is 4.63. The predicted molar refractivity (Wildman–Crippen MR) is 123 cm³/mol. The summed E-state index contributed by atoms with van der Waals surface area (Å²) >= 11 is 0. The first kappa shape index (κ1) is 21.8. The number of nitrogens with one attached hydrogen (secondary N) is 2. The highest BCUT2D eigenvalue weighted by Crippen LogP contribution is 2.44. The predicted octanol–water partition coefficient (Wildman–Crippen LogP) is 3.20. The summed E-state index contributed by atoms with van der Waals surface area (Å²) in [7, 11) is 1.67. The first-order valence-electron chi connectivity index (χ1n) is 11.5. The van der Waals surface area contributed by atoms with Crippen molar-refractivity contribution < 1.29 is 19.5 Å². The molecule has 3 N–H and O–H groups in total. The van der Waals surface area contributed by atoms with Gasteiger partial charge in [0.15, 0.2) is 6.54 Å². The Morgan fingerprint density at radius 2 is 1.94 bits per heavy atom. The summed E-state index contributed by atoms with van der Waals surface area (Å²) in [6, 6.07) is 14.4. The summed E-state index contributed by atoms with van der Waals surface area (Å²) in [5, 5.41) is 14.6. The van der Waals surface area contributed by atoms with Gasteiger partial charge in [-0.1, -0.05) is 25.0 Å². The number of anilines is 1. The minimum absolute atomic E-state index is 0.0310. The van der Waals surface area contributed by atoms with Crippen LogP contribution >= 0.6 is 0 Å². The van der Waals surface area contributed by atoms with Crippen LogP contribution in [0.3, 0.4) is 0 Å². The Bertz CT molecular complexity index is 927. The minimum Gasteiger partial charge on any atom is -0.497 e. The number of quaternary nitrogens is 1. The van der Waals surface area contributed by atoms with Gasteiger partial charge in [-0.2, -0.15) is 0 Å². The summed E-state index contributed by atoms with van der Waals surface area (Å²) in [6.07, 6.45) is 4.87. The van der Waals surface area contributed by atoms with E-state index >= 15 is 0 Å². The molecule has 2 aliphatic rings. The largest absolute Gasteiger partial charge is 0.497 e. The molecule has 1 aliphatic carbocycles. The van der Waals surface area contributed by atoms with Crippen LogP contribution in [0.2, 0.25) is 0 Å². The van der Waals surface area contributed by atoms with Crippen molar-refractivity contribution in [2.45, 2.75) is 57.6 Å². The third-order valence-corrected chi connectivity index (χ3v) is 7.32. The monoisotopic (exact) mass is 423 g/mol. The SMILES string of the molecule is COc1ccc([C@@H]2[C@@H]3CCCC[C@@]3(O)CC[NH+]2CC(=O)Nc2cc(C)ccc2C)cc1. The molecule has 31 heavy (non-hydrogen) atoms. The topological polar surface area (TPSA) is 63.0 Å². The van der Waals surface area contributed by atoms with E-state index in [2.05, 4.69) is 23.5 Å². The Labute approximate surface area is 185 Å². The van der Waals surface area contributed by atoms with Crippen molar-refractivity contribution in [3.05, 3.63) is 59.2 Å². The Hall–Kier alpha value is -2.37. The number of benzene rings is 2. The molecule has 166 valence electrons. The number of aryl methyl sites for hydroxylation is 2. The molecule has 2 aromatic rings. The lowest BCUT2D eigenvalue weighted by atomic mass is 9.66. The molecule has 5 heteroatoms. The van der Waals surface area contributed by atoms with Crippen LogP contribution in [0.5, 0.6) is 5.75 Å². The lowest BCUT2D eigenvalue weighted by molar-refractivity contribution is -0.937. The van der Waals surface area contributed by atoms with E-state index in [0.29, 0.717) is 6.54 Å². The van der Waals surface area contributed by atoms with Crippen LogP contribution in [0.15, 0.2) is 42.5 Å². The van der Waals surface area contributed by atoms with Crippen molar-refractivity contribution in [2.75, 3.05) is 25.5 Å². The number of amides is 1. The maximum Gasteiger partial charge on any atom is 0.279 e. The van der Waals surface area contributed by atoms with E-state index in [-0.39, 0.29) is 17.9 Å². The van der Waals surface area contributed by atoms with Gasteiger partial charge in [-0.15, -0.1) is 0 Å². The molecule has 5 nitrogen and oxygen atoms in total. The van der Waals surface area contributed by atoms with E-state index in [1.165, 1.54) is 10.5 Å². The van der Waals surface area contributed by atoms with Crippen LogP contribution in [-0.2, 0) is 4.79 Å². The van der Waals surface area contributed by atoms with Crippen molar-refractivity contribution in [1.29, 1.82) is 0 Å². The molecule has 2 fully saturated rings. The van der Waals surface area contributed by atoms with E-state index < -0.39 is 5.60 Å². The molecule has 1 unspecified atom stereocenters. The second kappa shape index (κ2) is 9.01. The molecule has 1 heterocycles. The number of methoxy groups -OCH3 is 1. The van der Waals surface area contributed by atoms with E-state index in [0.717, 1.165) is 61.2 Å². The van der Waals surface area contributed by atoms with Gasteiger partial charge in [0.2, 0.25) is 0 Å². The van der Waals surface area contributed by atoms with E-state index in [9.17, 15) is 9.90 Å². The molecule has 0 spiro atoms. The van der Waals surface area contributed by atoms with Crippen LogP contribution in [0, 0.1) is 19.8 Å². The number of aliphatic hydroxyl groups is 1. The zero-order chi connectivity index (χ0) is 22.0. The molecular weight excluding hydrogens is 388 g/mol. The first-order valence-corrected chi connectivity index (χ1v) is 11.5. The number of piperidine rings is 1. The minimum atomic E-state index is -0.615. The number of carbonyl (C=O) groups excluding carboxylic acids is 1. The Kier molecular flexibility index (Phi) is 6.35. The Balaban J connectivity index is 1.58. The molecule has 0 radical (unpaired) electrons. The fraction of sp³-hybridized carbons (Fsp3) is 0.500. The molecule has 2 aromatic carbocycles. The molecule has 0 aromatic heterocycles. The molecule has 1 amide bonds. The Morgan fingerprint density at radius 1 is 1.16 bits per heavy atom. The fourth-order valence-corrected chi connectivity index (χ4v) is 5.60. The lowest BCUT2D eigenvalue weighted by Crippen LogP contribution is -3.16. The smallest absolute Gasteiger partial charge is 0.279 e. The van der Waals surface area contributed by atoms with Gasteiger partial charge >= 0.3 is 0 Å². The fourth-order valence-electron chi connectivity index (χ4n) is 5.60. The van der Waals surface area contributed by atoms with Gasteiger partial charge in [-0.3, -0.25) is 4.79 Å². The zero-order valence-electron chi connectivity index (χ0n) is 18.9. The van der Waals surface area contributed by atoms with Crippen LogP contribution in [0.1, 0.15) is 54.8 Å². The van der Waals surface area contributed by atoms with Gasteiger partial charge in [-0.05, 0) is 68.1 Å². The van der Waals surface area contributed by atoms with Gasteiger partial charge in [0, 0.05) is 23.6 Å². The van der Waals surface area contributed by atoms with Crippen LogP contribution in [-0.4, -0.2) is 36.8 Å². The highest BCUT2D eigenvalue weighted by Gasteiger charge is 2.51. The van der Waals surface area contributed by atoms with Crippen LogP contribution in [0.4, 0.5) is 5.69 Å². The number of rotatable bonds is 5. The number of fused-ring (bicyclic) bond motifs is 1. The number of ether oxygens (including phenoxy) is 1. The molecule has 4 rings (SSSR count). The number of hydrogen-bond donors (Lipinski definition) is 3. The van der Waals surface area contributed by atoms with Gasteiger partial charge in [0.25, 0.3) is 5.91 Å². The number of likely N-dealkylation sites (tertiary alicyclic amines) is 1. The third-order valence-electron chi connectivity index (χ3n) is 7.32. The van der Waals surface area contributed by atoms with E-state index in [1.54, 1.807) is 7.11 Å². The van der Waals surface area contributed by atoms with Gasteiger partial charge in [0.05, 0.1) is 19.3 Å². The quantitative estimate of drug-likeness (QED) is 0.692. The summed E-state index contributed by atoms with van der Waals surface area (Å²) in [5.74, 6) is 1.03. The van der Waals surface area contributed by atoms with E-state index in [1.807, 2.05) is 38.1 Å². The van der Waals surface area contributed by atoms with Crippen molar-refractivity contribution in [2.24, 2.45) is 5.92 Å². The molecular formula is C26H35N2O3+. The van der Waals surface area contributed by atoms with Gasteiger partial charge < -0.3 is 20.1 Å². The lowest BCUT2D eigenvalue weighted by Gasteiger charge is -2.50. The second-order valence-corrected chi connectivity index (χ2v) is 9.41. The summed E-state index contributed by atoms with van der Waals surface area (Å²) in [5.41, 5.74) is 3.66. The van der Waals surface area contributed by atoms with Crippen LogP contribution in [0.25, 0.3) is 0 Å². The normalized spacial score (nSPS) is 27.9.